The van der Waals surface area contributed by atoms with Gasteiger partial charge in [0.25, 0.3) is 0 Å². The van der Waals surface area contributed by atoms with Crippen molar-refractivity contribution in [3.05, 3.63) is 117 Å². The van der Waals surface area contributed by atoms with Crippen molar-refractivity contribution in [1.29, 1.82) is 5.41 Å². The van der Waals surface area contributed by atoms with Crippen LogP contribution in [-0.2, 0) is 4.79 Å². The molecule has 176 valence electrons. The molecule has 0 saturated carbocycles. The van der Waals surface area contributed by atoms with Gasteiger partial charge >= 0.3 is 0 Å². The van der Waals surface area contributed by atoms with Crippen LogP contribution in [0.1, 0.15) is 47.4 Å². The molecule has 2 aliphatic rings. The second-order valence-corrected chi connectivity index (χ2v) is 9.63. The molecule has 0 fully saturated rings. The van der Waals surface area contributed by atoms with Gasteiger partial charge in [0, 0.05) is 45.5 Å². The number of amidine groups is 1. The zero-order chi connectivity index (χ0) is 24.7. The third kappa shape index (κ3) is 4.08. The summed E-state index contributed by atoms with van der Waals surface area (Å²) in [6, 6.07) is 23.0. The third-order valence-electron chi connectivity index (χ3n) is 6.88. The summed E-state index contributed by atoms with van der Waals surface area (Å²) in [6.45, 7) is 3.92. The molecule has 1 heterocycles. The number of Topliss-reactive ketones (excluding diaryl/α,β-unsaturated/α-hetero) is 1. The summed E-state index contributed by atoms with van der Waals surface area (Å²) < 4.78 is 0. The summed E-state index contributed by atoms with van der Waals surface area (Å²) in [5.41, 5.74) is 6.13. The monoisotopic (exact) mass is 482 g/mol. The Bertz CT molecular complexity index is 1390. The Hall–Kier alpha value is -3.63. The minimum atomic E-state index is -0.523. The summed E-state index contributed by atoms with van der Waals surface area (Å²) in [4.78, 5) is 15.3. The van der Waals surface area contributed by atoms with Gasteiger partial charge in [-0.1, -0.05) is 77.8 Å². The number of carbonyl (C=O) groups is 1. The van der Waals surface area contributed by atoms with Crippen molar-refractivity contribution in [2.24, 2.45) is 0 Å². The van der Waals surface area contributed by atoms with E-state index >= 15 is 0 Å². The molecule has 1 atom stereocenters. The van der Waals surface area contributed by atoms with E-state index in [0.29, 0.717) is 40.3 Å². The zero-order valence-electron chi connectivity index (χ0n) is 19.8. The van der Waals surface area contributed by atoms with Crippen LogP contribution in [0.15, 0.2) is 89.6 Å². The number of allylic oxidation sites excluding steroid dienone is 2. The molecule has 0 amide bonds. The predicted octanol–water partition coefficient (Wildman–Crippen LogP) is 7.51. The van der Waals surface area contributed by atoms with Crippen LogP contribution >= 0.6 is 11.6 Å². The molecule has 3 aromatic carbocycles. The number of carbonyl (C=O) groups excluding carboxylic acids is 1. The lowest BCUT2D eigenvalue weighted by Crippen LogP contribution is -2.42. The largest absolute Gasteiger partial charge is 0.507 e. The van der Waals surface area contributed by atoms with Gasteiger partial charge in [-0.15, -0.1) is 0 Å². The van der Waals surface area contributed by atoms with E-state index in [9.17, 15) is 15.3 Å². The van der Waals surface area contributed by atoms with Gasteiger partial charge in [0.1, 0.15) is 11.6 Å². The Kier molecular flexibility index (Phi) is 6.08. The quantitative estimate of drug-likeness (QED) is 0.379. The number of halogens is 1. The first-order valence-electron chi connectivity index (χ1n) is 11.8. The van der Waals surface area contributed by atoms with Gasteiger partial charge in [-0.2, -0.15) is 0 Å². The molecule has 5 heteroatoms. The number of nitrogens with one attached hydrogen (secondary N) is 1. The molecule has 0 saturated heterocycles. The maximum Gasteiger partial charge on any atom is 0.161 e. The van der Waals surface area contributed by atoms with Crippen LogP contribution in [0.2, 0.25) is 5.02 Å². The van der Waals surface area contributed by atoms with Crippen molar-refractivity contribution in [1.82, 2.24) is 0 Å². The van der Waals surface area contributed by atoms with Gasteiger partial charge in [0.2, 0.25) is 0 Å². The van der Waals surface area contributed by atoms with E-state index in [1.165, 1.54) is 0 Å². The van der Waals surface area contributed by atoms with Crippen LogP contribution in [0.4, 0.5) is 5.69 Å². The molecular weight excluding hydrogens is 456 g/mol. The fourth-order valence-electron chi connectivity index (χ4n) is 5.04. The van der Waals surface area contributed by atoms with Crippen molar-refractivity contribution in [3.63, 3.8) is 0 Å². The second kappa shape index (κ2) is 9.20. The van der Waals surface area contributed by atoms with Gasteiger partial charge in [-0.3, -0.25) is 15.1 Å². The average molecular weight is 483 g/mol. The second-order valence-electron chi connectivity index (χ2n) is 9.23. The molecule has 1 aliphatic heterocycles. The highest BCUT2D eigenvalue weighted by Crippen LogP contribution is 2.48. The van der Waals surface area contributed by atoms with E-state index in [1.807, 2.05) is 86.6 Å². The van der Waals surface area contributed by atoms with E-state index in [4.69, 9.17) is 11.6 Å². The molecule has 0 radical (unpaired) electrons. The number of hydrogen-bond donors (Lipinski definition) is 2. The summed E-state index contributed by atoms with van der Waals surface area (Å²) in [6.07, 6.45) is 1.86. The van der Waals surface area contributed by atoms with Crippen molar-refractivity contribution in [2.75, 3.05) is 4.90 Å². The Morgan fingerprint density at radius 3 is 2.40 bits per heavy atom. The number of ketones is 1. The van der Waals surface area contributed by atoms with E-state index < -0.39 is 5.92 Å². The smallest absolute Gasteiger partial charge is 0.161 e. The zero-order valence-corrected chi connectivity index (χ0v) is 20.6. The van der Waals surface area contributed by atoms with E-state index in [0.717, 1.165) is 28.8 Å². The van der Waals surface area contributed by atoms with Gasteiger partial charge in [0.05, 0.1) is 0 Å². The average Bonchev–Trinajstić information content (AvgIpc) is 2.86. The third-order valence-corrected chi connectivity index (χ3v) is 7.29. The van der Waals surface area contributed by atoms with Gasteiger partial charge < -0.3 is 5.11 Å². The van der Waals surface area contributed by atoms with Crippen LogP contribution in [-0.4, -0.2) is 16.7 Å². The number of benzene rings is 3. The Labute approximate surface area is 210 Å². The Morgan fingerprint density at radius 1 is 1.00 bits per heavy atom. The lowest BCUT2D eigenvalue weighted by atomic mass is 9.73. The van der Waals surface area contributed by atoms with Crippen LogP contribution < -0.4 is 4.90 Å². The van der Waals surface area contributed by atoms with Crippen LogP contribution in [0, 0.1) is 19.3 Å². The first kappa shape index (κ1) is 23.1. The normalized spacial score (nSPS) is 19.6. The molecule has 2 N–H and O–H groups in total. The Balaban J connectivity index is 1.82. The lowest BCUT2D eigenvalue weighted by Gasteiger charge is -2.42. The molecule has 0 bridgehead atoms. The molecule has 0 spiro atoms. The minimum Gasteiger partial charge on any atom is -0.507 e. The Morgan fingerprint density at radius 2 is 1.71 bits per heavy atom. The molecule has 35 heavy (non-hydrogen) atoms. The first-order valence-corrected chi connectivity index (χ1v) is 12.2. The van der Waals surface area contributed by atoms with Crippen molar-refractivity contribution < 1.29 is 9.90 Å². The van der Waals surface area contributed by atoms with Crippen molar-refractivity contribution in [3.8, 4) is 0 Å². The summed E-state index contributed by atoms with van der Waals surface area (Å²) in [5.74, 6) is -0.294. The van der Waals surface area contributed by atoms with Gasteiger partial charge in [0.15, 0.2) is 5.78 Å². The maximum absolute atomic E-state index is 13.5. The number of aliphatic hydroxyl groups excluding tert-OH is 1. The number of anilines is 1. The number of aryl methyl sites for hydroxylation is 2. The lowest BCUT2D eigenvalue weighted by molar-refractivity contribution is -0.116. The predicted molar refractivity (Wildman–Crippen MR) is 142 cm³/mol. The van der Waals surface area contributed by atoms with Gasteiger partial charge in [-0.05, 0) is 49.9 Å². The maximum atomic E-state index is 13.5. The highest BCUT2D eigenvalue weighted by Gasteiger charge is 2.43. The summed E-state index contributed by atoms with van der Waals surface area (Å²) >= 11 is 6.48. The fraction of sp³-hybridized carbons (Fsp3) is 0.200. The van der Waals surface area contributed by atoms with Crippen LogP contribution in [0.5, 0.6) is 0 Å². The highest BCUT2D eigenvalue weighted by atomic mass is 35.5. The van der Waals surface area contributed by atoms with Crippen molar-refractivity contribution in [2.45, 2.75) is 39.0 Å². The molecule has 0 aromatic heterocycles. The first-order chi connectivity index (χ1) is 16.9. The highest BCUT2D eigenvalue weighted by molar-refractivity contribution is 6.32. The standard InChI is InChI=1S/C30H27ClN2O2/c1-18-11-14-21(15-12-18)29(35)28-26(20-7-4-3-5-8-20)27-24(9-6-10-25(27)34)33(30(28)32)22-16-13-19(2)23(31)17-22/h3-5,7-8,11-17,26,32,35H,6,9-10H2,1-2H3/b29-28+,32-30?. The molecule has 3 aromatic rings. The van der Waals surface area contributed by atoms with Crippen molar-refractivity contribution >= 4 is 34.7 Å². The van der Waals surface area contributed by atoms with Crippen LogP contribution in [0.25, 0.3) is 5.76 Å². The fourth-order valence-corrected chi connectivity index (χ4v) is 5.22. The molecule has 5 rings (SSSR count). The van der Waals surface area contributed by atoms with E-state index in [2.05, 4.69) is 0 Å². The summed E-state index contributed by atoms with van der Waals surface area (Å²) in [7, 11) is 0. The number of nitrogens with zero attached hydrogens (tertiary/aromatic N) is 1. The molecule has 1 unspecified atom stereocenters. The van der Waals surface area contributed by atoms with Gasteiger partial charge in [-0.25, -0.2) is 0 Å². The summed E-state index contributed by atoms with van der Waals surface area (Å²) in [5, 5.41) is 21.6. The van der Waals surface area contributed by atoms with E-state index in [1.54, 1.807) is 4.90 Å². The number of aliphatic hydroxyl groups is 1. The molecule has 4 nitrogen and oxygen atoms in total. The number of hydrogen-bond acceptors (Lipinski definition) is 3. The SMILES string of the molecule is Cc1ccc(/C(O)=C2\C(=N)N(c3ccc(C)c(Cl)c3)C3=C(C(=O)CCC3)C2c2ccccc2)cc1. The number of rotatable bonds is 3. The van der Waals surface area contributed by atoms with E-state index in [-0.39, 0.29) is 17.4 Å². The minimum absolute atomic E-state index is 0.0111. The molecule has 1 aliphatic carbocycles. The topological polar surface area (TPSA) is 64.4 Å². The molecular formula is C30H27ClN2O2. The van der Waals surface area contributed by atoms with Crippen LogP contribution in [0.3, 0.4) is 0 Å².